The monoisotopic (exact) mass is 516 g/mol. The van der Waals surface area contributed by atoms with Crippen LogP contribution in [0.5, 0.6) is 0 Å². The zero-order chi connectivity index (χ0) is 27.0. The molecule has 0 radical (unpaired) electrons. The first kappa shape index (κ1) is 27.9. The maximum absolute atomic E-state index is 13.4. The molecule has 37 heavy (non-hydrogen) atoms. The van der Waals surface area contributed by atoms with Gasteiger partial charge in [0.2, 0.25) is 0 Å². The smallest absolute Gasteiger partial charge is 0.332 e. The minimum atomic E-state index is -0.967. The summed E-state index contributed by atoms with van der Waals surface area (Å²) in [7, 11) is 0. The fourth-order valence-corrected chi connectivity index (χ4v) is 10.7. The Kier molecular flexibility index (Phi) is 7.17. The number of esters is 1. The van der Waals surface area contributed by atoms with E-state index in [0.29, 0.717) is 11.8 Å². The van der Waals surface area contributed by atoms with E-state index >= 15 is 0 Å². The highest BCUT2D eigenvalue weighted by Crippen LogP contribution is 2.75. The molecule has 7 bridgehead atoms. The Morgan fingerprint density at radius 2 is 1.62 bits per heavy atom. The van der Waals surface area contributed by atoms with E-state index in [2.05, 4.69) is 55.4 Å². The average molecular weight is 517 g/mol. The van der Waals surface area contributed by atoms with Crippen molar-refractivity contribution in [2.45, 2.75) is 131 Å². The normalized spacial score (nSPS) is 40.1. The van der Waals surface area contributed by atoms with Crippen LogP contribution in [0.4, 0.5) is 0 Å². The van der Waals surface area contributed by atoms with Crippen molar-refractivity contribution in [2.24, 2.45) is 63.6 Å². The molecule has 6 aliphatic carbocycles. The predicted molar refractivity (Wildman–Crippen MR) is 148 cm³/mol. The van der Waals surface area contributed by atoms with Gasteiger partial charge >= 0.3 is 5.97 Å². The van der Waals surface area contributed by atoms with Crippen LogP contribution in [0.2, 0.25) is 0 Å². The Morgan fingerprint density at radius 3 is 2.30 bits per heavy atom. The molecule has 4 heteroatoms. The highest BCUT2D eigenvalue weighted by atomic mass is 16.6. The molecule has 10 unspecified atom stereocenters. The van der Waals surface area contributed by atoms with Crippen molar-refractivity contribution in [3.63, 3.8) is 0 Å². The summed E-state index contributed by atoms with van der Waals surface area (Å²) in [5.41, 5.74) is -0.347. The molecule has 0 aromatic rings. The molecule has 6 aliphatic rings. The van der Waals surface area contributed by atoms with Crippen LogP contribution in [-0.2, 0) is 14.3 Å². The number of hydrogen-bond donors (Lipinski definition) is 1. The van der Waals surface area contributed by atoms with Crippen LogP contribution in [0.3, 0.4) is 0 Å². The quantitative estimate of drug-likeness (QED) is 0.227. The Hall–Kier alpha value is -0.610. The molecule has 0 aromatic carbocycles. The topological polar surface area (TPSA) is 55.8 Å². The molecule has 1 N–H and O–H groups in total. The number of ether oxygens (including phenoxy) is 2. The van der Waals surface area contributed by atoms with Crippen molar-refractivity contribution in [3.8, 4) is 0 Å². The molecule has 0 amide bonds. The number of carbonyl (C=O) groups excluding carboxylic acids is 1. The van der Waals surface area contributed by atoms with Crippen LogP contribution in [0, 0.1) is 63.6 Å². The maximum atomic E-state index is 13.4. The van der Waals surface area contributed by atoms with E-state index in [1.165, 1.54) is 44.9 Å². The molecule has 0 aromatic heterocycles. The Balaban J connectivity index is 1.29. The van der Waals surface area contributed by atoms with Gasteiger partial charge in [0.1, 0.15) is 12.2 Å². The van der Waals surface area contributed by atoms with Gasteiger partial charge in [0, 0.05) is 11.3 Å². The standard InChI is InChI=1S/C33H56O4/c1-9-30(3,4)18-27(31(5,6)10-2)29(35)36-19-28(34)37-32(7,8)33-17-21-13-24-22-11-20(12-23(33)16-22)15-26(33)25(24)14-21/h20-27,29,35H,9-19H2,1-8H3. The highest BCUT2D eigenvalue weighted by molar-refractivity contribution is 5.71. The van der Waals surface area contributed by atoms with E-state index in [1.807, 2.05) is 0 Å². The largest absolute Gasteiger partial charge is 0.457 e. The summed E-state index contributed by atoms with van der Waals surface area (Å²) in [5, 5.41) is 11.2. The first-order valence-electron chi connectivity index (χ1n) is 15.7. The van der Waals surface area contributed by atoms with Gasteiger partial charge < -0.3 is 14.6 Å². The highest BCUT2D eigenvalue weighted by Gasteiger charge is 2.70. The first-order valence-corrected chi connectivity index (χ1v) is 15.7. The summed E-state index contributed by atoms with van der Waals surface area (Å²) < 4.78 is 12.4. The zero-order valence-electron chi connectivity index (χ0n) is 25.1. The molecule has 0 spiro atoms. The zero-order valence-corrected chi connectivity index (χ0v) is 25.1. The van der Waals surface area contributed by atoms with E-state index in [1.54, 1.807) is 0 Å². The van der Waals surface area contributed by atoms with Gasteiger partial charge in [0.25, 0.3) is 0 Å². The van der Waals surface area contributed by atoms with Gasteiger partial charge in [-0.2, -0.15) is 0 Å². The van der Waals surface area contributed by atoms with Crippen LogP contribution in [-0.4, -0.2) is 29.6 Å². The lowest BCUT2D eigenvalue weighted by Crippen LogP contribution is -2.61. The minimum Gasteiger partial charge on any atom is -0.457 e. The van der Waals surface area contributed by atoms with Gasteiger partial charge in [-0.15, -0.1) is 0 Å². The lowest BCUT2D eigenvalue weighted by atomic mass is 9.44. The van der Waals surface area contributed by atoms with Crippen molar-refractivity contribution in [1.82, 2.24) is 0 Å². The van der Waals surface area contributed by atoms with Crippen LogP contribution in [0.15, 0.2) is 0 Å². The summed E-state index contributed by atoms with van der Waals surface area (Å²) in [6, 6.07) is 0. The predicted octanol–water partition coefficient (Wildman–Crippen LogP) is 7.62. The third-order valence-corrected chi connectivity index (χ3v) is 13.2. The number of hydrogen-bond acceptors (Lipinski definition) is 4. The van der Waals surface area contributed by atoms with E-state index in [4.69, 9.17) is 9.47 Å². The van der Waals surface area contributed by atoms with Crippen molar-refractivity contribution < 1.29 is 19.4 Å². The van der Waals surface area contributed by atoms with Gasteiger partial charge in [-0.05, 0) is 117 Å². The lowest BCUT2D eigenvalue weighted by molar-refractivity contribution is -0.227. The Morgan fingerprint density at radius 1 is 0.919 bits per heavy atom. The Bertz CT molecular complexity index is 860. The molecule has 212 valence electrons. The SMILES string of the molecule is CCC(C)(C)CC(C(O)OCC(=O)OC(C)(C)C12CC3CC4C5CC(CC1C5)CC2C4C3)C(C)(C)CC. The second-order valence-electron chi connectivity index (χ2n) is 16.1. The molecule has 6 rings (SSSR count). The summed E-state index contributed by atoms with van der Waals surface area (Å²) in [4.78, 5) is 13.4. The molecule has 0 saturated heterocycles. The van der Waals surface area contributed by atoms with Crippen LogP contribution >= 0.6 is 0 Å². The number of aliphatic hydroxyl groups excluding tert-OH is 1. The van der Waals surface area contributed by atoms with Crippen molar-refractivity contribution in [1.29, 1.82) is 0 Å². The molecule has 6 fully saturated rings. The molecular formula is C33H56O4. The van der Waals surface area contributed by atoms with Gasteiger partial charge in [-0.25, -0.2) is 4.79 Å². The third kappa shape index (κ3) is 4.62. The molecule has 6 saturated carbocycles. The second kappa shape index (κ2) is 9.50. The van der Waals surface area contributed by atoms with Crippen molar-refractivity contribution in [3.05, 3.63) is 0 Å². The third-order valence-electron chi connectivity index (χ3n) is 13.2. The molecule has 10 atom stereocenters. The second-order valence-corrected chi connectivity index (χ2v) is 16.1. The van der Waals surface area contributed by atoms with Gasteiger partial charge in [-0.1, -0.05) is 54.4 Å². The van der Waals surface area contributed by atoms with Crippen LogP contribution in [0.1, 0.15) is 120 Å². The van der Waals surface area contributed by atoms with E-state index in [-0.39, 0.29) is 34.7 Å². The van der Waals surface area contributed by atoms with Crippen LogP contribution in [0.25, 0.3) is 0 Å². The van der Waals surface area contributed by atoms with E-state index in [9.17, 15) is 9.90 Å². The maximum Gasteiger partial charge on any atom is 0.332 e. The van der Waals surface area contributed by atoms with Crippen LogP contribution < -0.4 is 0 Å². The number of fused-ring (bicyclic) bond motifs is 1. The fourth-order valence-electron chi connectivity index (χ4n) is 10.7. The lowest BCUT2D eigenvalue weighted by Gasteiger charge is -2.63. The summed E-state index contributed by atoms with van der Waals surface area (Å²) >= 11 is 0. The molecule has 0 aliphatic heterocycles. The van der Waals surface area contributed by atoms with Crippen molar-refractivity contribution >= 4 is 5.97 Å². The summed E-state index contributed by atoms with van der Waals surface area (Å²) in [6.07, 6.45) is 11.5. The number of aliphatic hydroxyl groups is 1. The van der Waals surface area contributed by atoms with Gasteiger partial charge in [0.05, 0.1) is 0 Å². The molecular weight excluding hydrogens is 460 g/mol. The average Bonchev–Trinajstić information content (AvgIpc) is 3.13. The van der Waals surface area contributed by atoms with Gasteiger partial charge in [-0.3, -0.25) is 0 Å². The summed E-state index contributed by atoms with van der Waals surface area (Å²) in [6.45, 7) is 17.6. The Labute approximate surface area is 227 Å². The van der Waals surface area contributed by atoms with Gasteiger partial charge in [0.15, 0.2) is 6.29 Å². The number of carbonyl (C=O) groups is 1. The minimum absolute atomic E-state index is 0.0364. The number of rotatable bonds is 11. The van der Waals surface area contributed by atoms with E-state index < -0.39 is 11.9 Å². The summed E-state index contributed by atoms with van der Waals surface area (Å²) in [5.74, 6) is 5.51. The van der Waals surface area contributed by atoms with Crippen molar-refractivity contribution in [2.75, 3.05) is 6.61 Å². The van der Waals surface area contributed by atoms with E-state index in [0.717, 1.165) is 48.9 Å². The first-order chi connectivity index (χ1) is 17.2. The molecule has 4 nitrogen and oxygen atoms in total. The fraction of sp³-hybridized carbons (Fsp3) is 0.970. The molecule has 0 heterocycles.